The van der Waals surface area contributed by atoms with Crippen LogP contribution in [0.1, 0.15) is 39.5 Å². The number of allylic oxidation sites excluding steroid dienone is 1. The van der Waals surface area contributed by atoms with Gasteiger partial charge in [0.15, 0.2) is 0 Å². The lowest BCUT2D eigenvalue weighted by Gasteiger charge is -2.24. The lowest BCUT2D eigenvalue weighted by molar-refractivity contribution is 0.273. The van der Waals surface area contributed by atoms with Gasteiger partial charge < -0.3 is 4.90 Å². The fraction of sp³-hybridized carbons (Fsp3) is 0.846. The maximum absolute atomic E-state index is 5.80. The maximum atomic E-state index is 5.80. The molecule has 2 N–H and O–H groups in total. The Bertz CT molecular complexity index is 209. The lowest BCUT2D eigenvalue weighted by Crippen LogP contribution is -2.37. The van der Waals surface area contributed by atoms with Crippen molar-refractivity contribution in [1.82, 2.24) is 9.91 Å². The van der Waals surface area contributed by atoms with E-state index in [1.807, 2.05) is 5.01 Å². The number of hydrazine groups is 1. The van der Waals surface area contributed by atoms with Crippen LogP contribution in [0.25, 0.3) is 0 Å². The summed E-state index contributed by atoms with van der Waals surface area (Å²) in [6.07, 6.45) is 7.36. The molecule has 1 heterocycles. The quantitative estimate of drug-likeness (QED) is 0.426. The summed E-state index contributed by atoms with van der Waals surface area (Å²) in [6, 6.07) is 0. The fourth-order valence-corrected chi connectivity index (χ4v) is 2.26. The number of unbranched alkanes of at least 4 members (excludes halogenated alkanes) is 1. The van der Waals surface area contributed by atoms with Gasteiger partial charge in [-0.05, 0) is 45.3 Å². The molecule has 1 saturated heterocycles. The van der Waals surface area contributed by atoms with E-state index in [0.29, 0.717) is 0 Å². The molecule has 0 aliphatic carbocycles. The van der Waals surface area contributed by atoms with Crippen LogP contribution in [0.2, 0.25) is 0 Å². The first-order chi connectivity index (χ1) is 7.76. The van der Waals surface area contributed by atoms with Crippen LogP contribution in [-0.2, 0) is 0 Å². The van der Waals surface area contributed by atoms with Gasteiger partial charge in [0.05, 0.1) is 0 Å². The minimum atomic E-state index is 0.977. The van der Waals surface area contributed by atoms with E-state index in [1.54, 1.807) is 0 Å². The molecule has 3 heteroatoms. The van der Waals surface area contributed by atoms with Crippen LogP contribution in [-0.4, -0.2) is 42.6 Å². The van der Waals surface area contributed by atoms with Gasteiger partial charge in [0.2, 0.25) is 0 Å². The summed E-state index contributed by atoms with van der Waals surface area (Å²) in [5.74, 6) is 5.80. The second kappa shape index (κ2) is 7.82. The van der Waals surface area contributed by atoms with E-state index >= 15 is 0 Å². The number of hydrogen-bond acceptors (Lipinski definition) is 3. The van der Waals surface area contributed by atoms with Crippen molar-refractivity contribution in [1.29, 1.82) is 0 Å². The smallest absolute Gasteiger partial charge is 0.0338 e. The topological polar surface area (TPSA) is 32.5 Å². The third kappa shape index (κ3) is 5.10. The van der Waals surface area contributed by atoms with E-state index in [0.717, 1.165) is 13.1 Å². The zero-order chi connectivity index (χ0) is 11.8. The van der Waals surface area contributed by atoms with Crippen molar-refractivity contribution in [3.8, 4) is 0 Å². The third-order valence-corrected chi connectivity index (χ3v) is 3.36. The second-order valence-electron chi connectivity index (χ2n) is 4.61. The van der Waals surface area contributed by atoms with Crippen molar-refractivity contribution >= 4 is 0 Å². The van der Waals surface area contributed by atoms with Crippen LogP contribution in [0.15, 0.2) is 11.6 Å². The Balaban J connectivity index is 2.15. The van der Waals surface area contributed by atoms with Crippen molar-refractivity contribution in [2.75, 3.05) is 32.7 Å². The van der Waals surface area contributed by atoms with Crippen molar-refractivity contribution in [2.45, 2.75) is 39.5 Å². The summed E-state index contributed by atoms with van der Waals surface area (Å²) in [5.41, 5.74) is 1.54. The highest BCUT2D eigenvalue weighted by molar-refractivity contribution is 5.06. The zero-order valence-electron chi connectivity index (χ0n) is 10.9. The normalized spacial score (nSPS) is 20.9. The fourth-order valence-electron chi connectivity index (χ4n) is 2.26. The Morgan fingerprint density at radius 3 is 2.75 bits per heavy atom. The first-order valence-electron chi connectivity index (χ1n) is 6.66. The van der Waals surface area contributed by atoms with Gasteiger partial charge in [-0.1, -0.05) is 25.5 Å². The maximum Gasteiger partial charge on any atom is 0.0338 e. The summed E-state index contributed by atoms with van der Waals surface area (Å²) < 4.78 is 0. The SMILES string of the molecule is CCN(CC)CCC/C=C1/CCCN(N)C1. The molecule has 0 spiro atoms. The molecule has 3 nitrogen and oxygen atoms in total. The van der Waals surface area contributed by atoms with Crippen molar-refractivity contribution in [2.24, 2.45) is 5.84 Å². The molecule has 0 aromatic heterocycles. The molecule has 0 aromatic rings. The molecule has 0 atom stereocenters. The Morgan fingerprint density at radius 1 is 1.38 bits per heavy atom. The summed E-state index contributed by atoms with van der Waals surface area (Å²) >= 11 is 0. The molecule has 0 radical (unpaired) electrons. The van der Waals surface area contributed by atoms with Gasteiger partial charge in [-0.2, -0.15) is 0 Å². The molecule has 0 bridgehead atoms. The molecule has 16 heavy (non-hydrogen) atoms. The van der Waals surface area contributed by atoms with Crippen molar-refractivity contribution in [3.63, 3.8) is 0 Å². The molecular formula is C13H27N3. The Labute approximate surface area is 100 Å². The van der Waals surface area contributed by atoms with Crippen molar-refractivity contribution < 1.29 is 0 Å². The molecule has 1 rings (SSSR count). The minimum Gasteiger partial charge on any atom is -0.304 e. The van der Waals surface area contributed by atoms with E-state index < -0.39 is 0 Å². The molecule has 0 saturated carbocycles. The first-order valence-corrected chi connectivity index (χ1v) is 6.66. The molecule has 1 aliphatic rings. The molecule has 1 aliphatic heterocycles. The standard InChI is InChI=1S/C13H27N3/c1-3-15(4-2)10-6-5-8-13-9-7-11-16(14)12-13/h8H,3-7,9-12,14H2,1-2H3/b13-8-. The van der Waals surface area contributed by atoms with Gasteiger partial charge in [-0.15, -0.1) is 0 Å². The molecule has 1 fully saturated rings. The third-order valence-electron chi connectivity index (χ3n) is 3.36. The highest BCUT2D eigenvalue weighted by Gasteiger charge is 2.09. The highest BCUT2D eigenvalue weighted by Crippen LogP contribution is 2.13. The van der Waals surface area contributed by atoms with Crippen LogP contribution in [0.4, 0.5) is 0 Å². The zero-order valence-corrected chi connectivity index (χ0v) is 10.9. The number of nitrogens with two attached hydrogens (primary N) is 1. The van der Waals surface area contributed by atoms with Crippen LogP contribution in [0.3, 0.4) is 0 Å². The van der Waals surface area contributed by atoms with Gasteiger partial charge >= 0.3 is 0 Å². The van der Waals surface area contributed by atoms with Crippen LogP contribution in [0.5, 0.6) is 0 Å². The molecule has 0 aromatic carbocycles. The van der Waals surface area contributed by atoms with Gasteiger partial charge in [-0.25, -0.2) is 5.01 Å². The average molecular weight is 225 g/mol. The monoisotopic (exact) mass is 225 g/mol. The first kappa shape index (κ1) is 13.7. The van der Waals surface area contributed by atoms with Crippen molar-refractivity contribution in [3.05, 3.63) is 11.6 Å². The largest absolute Gasteiger partial charge is 0.304 e. The molecule has 0 unspecified atom stereocenters. The number of rotatable bonds is 6. The van der Waals surface area contributed by atoms with E-state index in [1.165, 1.54) is 50.9 Å². The van der Waals surface area contributed by atoms with Gasteiger partial charge in [-0.3, -0.25) is 5.84 Å². The molecule has 94 valence electrons. The summed E-state index contributed by atoms with van der Waals surface area (Å²) in [5, 5.41) is 1.93. The van der Waals surface area contributed by atoms with Gasteiger partial charge in [0, 0.05) is 13.1 Å². The molecule has 0 amide bonds. The van der Waals surface area contributed by atoms with E-state index in [2.05, 4.69) is 24.8 Å². The predicted molar refractivity (Wildman–Crippen MR) is 70.1 cm³/mol. The van der Waals surface area contributed by atoms with Gasteiger partial charge in [0.25, 0.3) is 0 Å². The van der Waals surface area contributed by atoms with E-state index in [-0.39, 0.29) is 0 Å². The van der Waals surface area contributed by atoms with Crippen LogP contribution < -0.4 is 5.84 Å². The number of hydrogen-bond donors (Lipinski definition) is 1. The Morgan fingerprint density at radius 2 is 2.12 bits per heavy atom. The van der Waals surface area contributed by atoms with Crippen LogP contribution in [0, 0.1) is 0 Å². The summed E-state index contributed by atoms with van der Waals surface area (Å²) in [4.78, 5) is 2.48. The van der Waals surface area contributed by atoms with E-state index in [4.69, 9.17) is 5.84 Å². The Kier molecular flexibility index (Phi) is 6.69. The highest BCUT2D eigenvalue weighted by atomic mass is 15.4. The second-order valence-corrected chi connectivity index (χ2v) is 4.61. The predicted octanol–water partition coefficient (Wildman–Crippen LogP) is 2.00. The summed E-state index contributed by atoms with van der Waals surface area (Å²) in [7, 11) is 0. The van der Waals surface area contributed by atoms with E-state index in [9.17, 15) is 0 Å². The average Bonchev–Trinajstić information content (AvgIpc) is 2.29. The lowest BCUT2D eigenvalue weighted by atomic mass is 10.0. The minimum absolute atomic E-state index is 0.977. The summed E-state index contributed by atoms with van der Waals surface area (Å²) in [6.45, 7) is 10.1. The van der Waals surface area contributed by atoms with Crippen LogP contribution >= 0.6 is 0 Å². The number of piperidine rings is 1. The molecular weight excluding hydrogens is 198 g/mol. The van der Waals surface area contributed by atoms with Gasteiger partial charge in [0.1, 0.15) is 0 Å². The number of nitrogens with zero attached hydrogens (tertiary/aromatic N) is 2. The Hall–Kier alpha value is -0.380.